The second-order valence-corrected chi connectivity index (χ2v) is 6.59. The molecule has 138 valence electrons. The maximum absolute atomic E-state index is 12.1. The van der Waals surface area contributed by atoms with Gasteiger partial charge in [-0.3, -0.25) is 0 Å². The van der Waals surface area contributed by atoms with Gasteiger partial charge in [-0.2, -0.15) is 0 Å². The number of ether oxygens (including phenoxy) is 1. The Balaban J connectivity index is 1.48. The summed E-state index contributed by atoms with van der Waals surface area (Å²) in [4.78, 5) is 17.0. The SMILES string of the molecule is Cc1ccc(COc2ccc(/C=C3/C(=O)ON=C3c3ccccc3)cc2)cc1. The first-order chi connectivity index (χ1) is 13.7. The first kappa shape index (κ1) is 17.7. The van der Waals surface area contributed by atoms with Crippen molar-refractivity contribution in [1.29, 1.82) is 0 Å². The number of hydrogen-bond donors (Lipinski definition) is 0. The first-order valence-electron chi connectivity index (χ1n) is 9.04. The maximum atomic E-state index is 12.1. The van der Waals surface area contributed by atoms with Gasteiger partial charge in [0.15, 0.2) is 0 Å². The zero-order chi connectivity index (χ0) is 19.3. The van der Waals surface area contributed by atoms with Crippen LogP contribution in [0, 0.1) is 6.92 Å². The van der Waals surface area contributed by atoms with Crippen LogP contribution in [0.25, 0.3) is 6.08 Å². The fourth-order valence-corrected chi connectivity index (χ4v) is 2.89. The van der Waals surface area contributed by atoms with Crippen LogP contribution in [0.1, 0.15) is 22.3 Å². The highest BCUT2D eigenvalue weighted by Crippen LogP contribution is 2.22. The van der Waals surface area contributed by atoms with Crippen molar-refractivity contribution in [2.75, 3.05) is 0 Å². The molecule has 0 saturated carbocycles. The Morgan fingerprint density at radius 3 is 2.36 bits per heavy atom. The van der Waals surface area contributed by atoms with Crippen molar-refractivity contribution in [3.63, 3.8) is 0 Å². The summed E-state index contributed by atoms with van der Waals surface area (Å²) >= 11 is 0. The Bertz CT molecular complexity index is 1030. The molecule has 1 heterocycles. The lowest BCUT2D eigenvalue weighted by Gasteiger charge is -2.07. The predicted molar refractivity (Wildman–Crippen MR) is 109 cm³/mol. The summed E-state index contributed by atoms with van der Waals surface area (Å²) in [6, 6.07) is 25.4. The number of nitrogens with zero attached hydrogens (tertiary/aromatic N) is 1. The molecule has 1 aliphatic rings. The average molecular weight is 369 g/mol. The summed E-state index contributed by atoms with van der Waals surface area (Å²) in [5.41, 5.74) is 5.06. The molecule has 4 nitrogen and oxygen atoms in total. The third-order valence-corrected chi connectivity index (χ3v) is 4.46. The van der Waals surface area contributed by atoms with Crippen LogP contribution in [0.3, 0.4) is 0 Å². The molecule has 0 bridgehead atoms. The van der Waals surface area contributed by atoms with Crippen LogP contribution < -0.4 is 4.74 Å². The Morgan fingerprint density at radius 2 is 1.64 bits per heavy atom. The van der Waals surface area contributed by atoms with Crippen molar-refractivity contribution in [3.8, 4) is 5.75 Å². The van der Waals surface area contributed by atoms with Gasteiger partial charge in [-0.05, 0) is 36.3 Å². The highest BCUT2D eigenvalue weighted by atomic mass is 16.7. The molecule has 0 aliphatic carbocycles. The minimum absolute atomic E-state index is 0.444. The lowest BCUT2D eigenvalue weighted by Crippen LogP contribution is -2.06. The van der Waals surface area contributed by atoms with Crippen LogP contribution in [0.5, 0.6) is 5.75 Å². The number of aryl methyl sites for hydroxylation is 1. The summed E-state index contributed by atoms with van der Waals surface area (Å²) < 4.78 is 5.83. The molecule has 0 spiro atoms. The normalized spacial score (nSPS) is 14.7. The van der Waals surface area contributed by atoms with Gasteiger partial charge in [-0.1, -0.05) is 77.4 Å². The van der Waals surface area contributed by atoms with Crippen LogP contribution in [0.15, 0.2) is 89.6 Å². The van der Waals surface area contributed by atoms with Crippen molar-refractivity contribution in [1.82, 2.24) is 0 Å². The van der Waals surface area contributed by atoms with Gasteiger partial charge < -0.3 is 9.57 Å². The largest absolute Gasteiger partial charge is 0.489 e. The van der Waals surface area contributed by atoms with E-state index in [-0.39, 0.29) is 0 Å². The lowest BCUT2D eigenvalue weighted by atomic mass is 10.0. The molecule has 28 heavy (non-hydrogen) atoms. The van der Waals surface area contributed by atoms with E-state index in [0.29, 0.717) is 17.9 Å². The fourth-order valence-electron chi connectivity index (χ4n) is 2.89. The highest BCUT2D eigenvalue weighted by molar-refractivity contribution is 6.31. The molecule has 4 heteroatoms. The Hall–Kier alpha value is -3.66. The smallest absolute Gasteiger partial charge is 0.368 e. The minimum atomic E-state index is -0.446. The van der Waals surface area contributed by atoms with E-state index in [0.717, 1.165) is 22.4 Å². The van der Waals surface area contributed by atoms with E-state index >= 15 is 0 Å². The van der Waals surface area contributed by atoms with Gasteiger partial charge in [-0.15, -0.1) is 0 Å². The van der Waals surface area contributed by atoms with E-state index in [9.17, 15) is 4.79 Å². The van der Waals surface area contributed by atoms with Crippen LogP contribution in [0.4, 0.5) is 0 Å². The molecule has 3 aromatic rings. The second kappa shape index (κ2) is 7.92. The van der Waals surface area contributed by atoms with E-state index in [2.05, 4.69) is 36.3 Å². The van der Waals surface area contributed by atoms with Gasteiger partial charge in [0.2, 0.25) is 0 Å². The number of rotatable bonds is 5. The number of benzene rings is 3. The van der Waals surface area contributed by atoms with Gasteiger partial charge >= 0.3 is 5.97 Å². The zero-order valence-corrected chi connectivity index (χ0v) is 15.5. The summed E-state index contributed by atoms with van der Waals surface area (Å²) in [6.45, 7) is 2.57. The zero-order valence-electron chi connectivity index (χ0n) is 15.5. The van der Waals surface area contributed by atoms with Gasteiger partial charge in [0.25, 0.3) is 0 Å². The summed E-state index contributed by atoms with van der Waals surface area (Å²) in [5.74, 6) is 0.326. The average Bonchev–Trinajstić information content (AvgIpc) is 3.09. The van der Waals surface area contributed by atoms with Gasteiger partial charge in [0.1, 0.15) is 18.1 Å². The van der Waals surface area contributed by atoms with Crippen molar-refractivity contribution in [2.45, 2.75) is 13.5 Å². The topological polar surface area (TPSA) is 47.9 Å². The molecular weight excluding hydrogens is 350 g/mol. The molecule has 1 aliphatic heterocycles. The molecule has 0 radical (unpaired) electrons. The third kappa shape index (κ3) is 4.01. The van der Waals surface area contributed by atoms with E-state index < -0.39 is 5.97 Å². The Morgan fingerprint density at radius 1 is 0.929 bits per heavy atom. The van der Waals surface area contributed by atoms with Gasteiger partial charge in [-0.25, -0.2) is 4.79 Å². The minimum Gasteiger partial charge on any atom is -0.489 e. The van der Waals surface area contributed by atoms with Crippen LogP contribution in [-0.4, -0.2) is 11.7 Å². The molecular formula is C24H19NO3. The van der Waals surface area contributed by atoms with E-state index in [4.69, 9.17) is 9.57 Å². The number of carbonyl (C=O) groups is 1. The summed E-state index contributed by atoms with van der Waals surface area (Å²) in [7, 11) is 0. The Kier molecular flexibility index (Phi) is 5.02. The van der Waals surface area contributed by atoms with Crippen molar-refractivity contribution in [3.05, 3.63) is 107 Å². The number of oxime groups is 1. The third-order valence-electron chi connectivity index (χ3n) is 4.46. The lowest BCUT2D eigenvalue weighted by molar-refractivity contribution is -0.136. The van der Waals surface area contributed by atoms with E-state index in [1.54, 1.807) is 6.08 Å². The van der Waals surface area contributed by atoms with Gasteiger partial charge in [0, 0.05) is 5.56 Å². The molecule has 0 fully saturated rings. The molecule has 0 aromatic heterocycles. The number of hydrogen-bond acceptors (Lipinski definition) is 4. The van der Waals surface area contributed by atoms with E-state index in [1.807, 2.05) is 54.6 Å². The monoisotopic (exact) mass is 369 g/mol. The molecule has 0 saturated heterocycles. The quantitative estimate of drug-likeness (QED) is 0.474. The van der Waals surface area contributed by atoms with Crippen LogP contribution in [0.2, 0.25) is 0 Å². The van der Waals surface area contributed by atoms with Crippen molar-refractivity contribution >= 4 is 17.8 Å². The van der Waals surface area contributed by atoms with Crippen molar-refractivity contribution < 1.29 is 14.4 Å². The predicted octanol–water partition coefficient (Wildman–Crippen LogP) is 4.92. The first-order valence-corrected chi connectivity index (χ1v) is 9.04. The van der Waals surface area contributed by atoms with Gasteiger partial charge in [0.05, 0.1) is 5.57 Å². The Labute approximate surface area is 163 Å². The fraction of sp³-hybridized carbons (Fsp3) is 0.0833. The van der Waals surface area contributed by atoms with Crippen molar-refractivity contribution in [2.24, 2.45) is 5.16 Å². The summed E-state index contributed by atoms with van der Waals surface area (Å²) in [5, 5.41) is 3.93. The molecule has 0 unspecified atom stereocenters. The van der Waals surface area contributed by atoms with E-state index in [1.165, 1.54) is 5.56 Å². The maximum Gasteiger partial charge on any atom is 0.368 e. The molecule has 0 N–H and O–H groups in total. The molecule has 0 atom stereocenters. The highest BCUT2D eigenvalue weighted by Gasteiger charge is 2.26. The standard InChI is InChI=1S/C24H19NO3/c1-17-7-9-19(10-8-17)16-27-21-13-11-18(12-14-21)15-22-23(25-28-24(22)26)20-5-3-2-4-6-20/h2-15H,16H2,1H3/b22-15+. The molecule has 3 aromatic carbocycles. The number of carbonyl (C=O) groups excluding carboxylic acids is 1. The second-order valence-electron chi connectivity index (χ2n) is 6.59. The summed E-state index contributed by atoms with van der Waals surface area (Å²) in [6.07, 6.45) is 1.78. The molecule has 4 rings (SSSR count). The van der Waals surface area contributed by atoms with Crippen LogP contribution in [-0.2, 0) is 16.2 Å². The molecule has 0 amide bonds. The van der Waals surface area contributed by atoms with Crippen LogP contribution >= 0.6 is 0 Å².